The molecule has 2 aromatic heterocycles. The highest BCUT2D eigenvalue weighted by Crippen LogP contribution is 2.30. The SMILES string of the molecule is COc1cccc(Nc2nnc(SCc3nnnn3-c3ccccc3)s2)c1. The number of tetrazole rings is 1. The third-order valence-corrected chi connectivity index (χ3v) is 5.56. The quantitative estimate of drug-likeness (QED) is 0.474. The van der Waals surface area contributed by atoms with Gasteiger partial charge < -0.3 is 10.1 Å². The summed E-state index contributed by atoms with van der Waals surface area (Å²) in [7, 11) is 1.64. The van der Waals surface area contributed by atoms with Crippen LogP contribution in [0.1, 0.15) is 5.82 Å². The molecule has 0 radical (unpaired) electrons. The lowest BCUT2D eigenvalue weighted by atomic mass is 10.3. The molecule has 136 valence electrons. The number of methoxy groups -OCH3 is 1. The minimum atomic E-state index is 0.593. The summed E-state index contributed by atoms with van der Waals surface area (Å²) >= 11 is 3.02. The van der Waals surface area contributed by atoms with E-state index in [0.717, 1.165) is 27.3 Å². The Hall–Kier alpha value is -2.98. The number of para-hydroxylation sites is 1. The van der Waals surface area contributed by atoms with E-state index < -0.39 is 0 Å². The van der Waals surface area contributed by atoms with Gasteiger partial charge in [0, 0.05) is 11.8 Å². The monoisotopic (exact) mass is 397 g/mol. The molecule has 0 fully saturated rings. The van der Waals surface area contributed by atoms with E-state index in [1.807, 2.05) is 54.6 Å². The van der Waals surface area contributed by atoms with Crippen LogP contribution in [0.4, 0.5) is 10.8 Å². The van der Waals surface area contributed by atoms with Crippen LogP contribution in [0.25, 0.3) is 5.69 Å². The molecule has 8 nitrogen and oxygen atoms in total. The van der Waals surface area contributed by atoms with Crippen molar-refractivity contribution >= 4 is 33.9 Å². The van der Waals surface area contributed by atoms with Gasteiger partial charge in [-0.15, -0.1) is 15.3 Å². The Morgan fingerprint density at radius 2 is 1.96 bits per heavy atom. The van der Waals surface area contributed by atoms with E-state index in [4.69, 9.17) is 4.74 Å². The largest absolute Gasteiger partial charge is 0.497 e. The number of hydrogen-bond acceptors (Lipinski definition) is 9. The summed E-state index contributed by atoms with van der Waals surface area (Å²) in [4.78, 5) is 0. The zero-order valence-electron chi connectivity index (χ0n) is 14.3. The van der Waals surface area contributed by atoms with Crippen LogP contribution in [0.3, 0.4) is 0 Å². The molecule has 0 aliphatic carbocycles. The molecule has 1 N–H and O–H groups in total. The van der Waals surface area contributed by atoms with Gasteiger partial charge in [-0.2, -0.15) is 4.68 Å². The molecule has 0 atom stereocenters. The molecule has 0 aliphatic heterocycles. The number of ether oxygens (including phenoxy) is 1. The fraction of sp³-hybridized carbons (Fsp3) is 0.118. The van der Waals surface area contributed by atoms with Crippen LogP contribution >= 0.6 is 23.1 Å². The first kappa shape index (κ1) is 17.4. The maximum absolute atomic E-state index is 5.23. The number of hydrogen-bond donors (Lipinski definition) is 1. The van der Waals surface area contributed by atoms with Gasteiger partial charge in [-0.1, -0.05) is 47.4 Å². The molecule has 0 aliphatic rings. The van der Waals surface area contributed by atoms with Crippen molar-refractivity contribution in [2.45, 2.75) is 10.1 Å². The average Bonchev–Trinajstić information content (AvgIpc) is 3.36. The standard InChI is InChI=1S/C17H15N7OS2/c1-25-14-9-5-6-12(10-14)18-16-20-21-17(27-16)26-11-15-19-22-23-24(15)13-7-3-2-4-8-13/h2-10H,11H2,1H3,(H,18,20). The van der Waals surface area contributed by atoms with Crippen LogP contribution in [0, 0.1) is 0 Å². The fourth-order valence-electron chi connectivity index (χ4n) is 2.33. The van der Waals surface area contributed by atoms with Gasteiger partial charge in [0.25, 0.3) is 0 Å². The lowest BCUT2D eigenvalue weighted by Gasteiger charge is -2.04. The van der Waals surface area contributed by atoms with Gasteiger partial charge in [0.1, 0.15) is 5.75 Å². The molecule has 4 rings (SSSR count). The van der Waals surface area contributed by atoms with Gasteiger partial charge >= 0.3 is 0 Å². The van der Waals surface area contributed by atoms with Crippen molar-refractivity contribution in [3.63, 3.8) is 0 Å². The number of nitrogens with zero attached hydrogens (tertiary/aromatic N) is 6. The maximum atomic E-state index is 5.23. The highest BCUT2D eigenvalue weighted by Gasteiger charge is 2.11. The lowest BCUT2D eigenvalue weighted by Crippen LogP contribution is -2.01. The Bertz CT molecular complexity index is 1020. The van der Waals surface area contributed by atoms with Crippen molar-refractivity contribution < 1.29 is 4.74 Å². The molecular weight excluding hydrogens is 382 g/mol. The van der Waals surface area contributed by atoms with Gasteiger partial charge in [-0.05, 0) is 34.7 Å². The molecule has 0 unspecified atom stereocenters. The normalized spacial score (nSPS) is 10.7. The molecule has 0 saturated heterocycles. The molecule has 10 heteroatoms. The summed E-state index contributed by atoms with van der Waals surface area (Å²) in [6, 6.07) is 17.5. The van der Waals surface area contributed by atoms with E-state index in [1.54, 1.807) is 23.6 Å². The van der Waals surface area contributed by atoms with Crippen molar-refractivity contribution in [1.82, 2.24) is 30.4 Å². The molecular formula is C17H15N7OS2. The second kappa shape index (κ2) is 8.14. The van der Waals surface area contributed by atoms with Gasteiger partial charge in [0.2, 0.25) is 5.13 Å². The molecule has 0 bridgehead atoms. The molecule has 2 heterocycles. The number of thioether (sulfide) groups is 1. The molecule has 0 spiro atoms. The Morgan fingerprint density at radius 1 is 1.07 bits per heavy atom. The summed E-state index contributed by atoms with van der Waals surface area (Å²) in [5.41, 5.74) is 1.82. The number of aromatic nitrogens is 6. The van der Waals surface area contributed by atoms with Gasteiger partial charge in [-0.25, -0.2) is 0 Å². The van der Waals surface area contributed by atoms with Gasteiger partial charge in [0.15, 0.2) is 10.2 Å². The van der Waals surface area contributed by atoms with Crippen molar-refractivity contribution in [3.8, 4) is 11.4 Å². The lowest BCUT2D eigenvalue weighted by molar-refractivity contribution is 0.415. The third kappa shape index (κ3) is 4.23. The summed E-state index contributed by atoms with van der Waals surface area (Å²) in [5, 5.41) is 24.3. The smallest absolute Gasteiger partial charge is 0.210 e. The zero-order chi connectivity index (χ0) is 18.5. The topological polar surface area (TPSA) is 90.6 Å². The molecule has 2 aromatic carbocycles. The second-order valence-corrected chi connectivity index (χ2v) is 7.56. The van der Waals surface area contributed by atoms with Gasteiger partial charge in [-0.3, -0.25) is 0 Å². The Labute approximate surface area is 163 Å². The minimum absolute atomic E-state index is 0.593. The first-order valence-electron chi connectivity index (χ1n) is 8.02. The summed E-state index contributed by atoms with van der Waals surface area (Å²) in [6.07, 6.45) is 0. The summed E-state index contributed by atoms with van der Waals surface area (Å²) < 4.78 is 7.79. The predicted molar refractivity (Wildman–Crippen MR) is 105 cm³/mol. The van der Waals surface area contributed by atoms with Crippen LogP contribution in [0.2, 0.25) is 0 Å². The maximum Gasteiger partial charge on any atom is 0.210 e. The second-order valence-electron chi connectivity index (χ2n) is 5.36. The van der Waals surface area contributed by atoms with Crippen LogP contribution in [-0.4, -0.2) is 37.5 Å². The Balaban J connectivity index is 1.41. The zero-order valence-corrected chi connectivity index (χ0v) is 15.9. The van der Waals surface area contributed by atoms with Crippen LogP contribution in [-0.2, 0) is 5.75 Å². The minimum Gasteiger partial charge on any atom is -0.497 e. The van der Waals surface area contributed by atoms with E-state index in [-0.39, 0.29) is 0 Å². The van der Waals surface area contributed by atoms with Crippen LogP contribution in [0.5, 0.6) is 5.75 Å². The van der Waals surface area contributed by atoms with E-state index >= 15 is 0 Å². The van der Waals surface area contributed by atoms with E-state index in [9.17, 15) is 0 Å². The van der Waals surface area contributed by atoms with Crippen LogP contribution in [0.15, 0.2) is 58.9 Å². The first-order valence-corrected chi connectivity index (χ1v) is 9.82. The van der Waals surface area contributed by atoms with E-state index in [2.05, 4.69) is 31.0 Å². The van der Waals surface area contributed by atoms with Gasteiger partial charge in [0.05, 0.1) is 18.6 Å². The van der Waals surface area contributed by atoms with Crippen molar-refractivity contribution in [2.24, 2.45) is 0 Å². The van der Waals surface area contributed by atoms with Crippen molar-refractivity contribution in [2.75, 3.05) is 12.4 Å². The number of rotatable bonds is 7. The molecule has 27 heavy (non-hydrogen) atoms. The Kier molecular flexibility index (Phi) is 5.26. The highest BCUT2D eigenvalue weighted by atomic mass is 32.2. The fourth-order valence-corrected chi connectivity index (χ4v) is 4.01. The highest BCUT2D eigenvalue weighted by molar-refractivity contribution is 8.00. The number of benzene rings is 2. The molecule has 0 saturated carbocycles. The number of anilines is 2. The number of nitrogens with one attached hydrogen (secondary N) is 1. The van der Waals surface area contributed by atoms with E-state index in [0.29, 0.717) is 10.9 Å². The third-order valence-electron chi connectivity index (χ3n) is 3.59. The molecule has 4 aromatic rings. The summed E-state index contributed by atoms with van der Waals surface area (Å²) in [5.74, 6) is 2.13. The van der Waals surface area contributed by atoms with E-state index in [1.165, 1.54) is 11.3 Å². The first-order chi connectivity index (χ1) is 13.3. The molecule has 0 amide bonds. The summed E-state index contributed by atoms with van der Waals surface area (Å²) in [6.45, 7) is 0. The van der Waals surface area contributed by atoms with Crippen molar-refractivity contribution in [3.05, 3.63) is 60.4 Å². The predicted octanol–water partition coefficient (Wildman–Crippen LogP) is 3.56. The average molecular weight is 397 g/mol. The van der Waals surface area contributed by atoms with Crippen LogP contribution < -0.4 is 10.1 Å². The van der Waals surface area contributed by atoms with Crippen molar-refractivity contribution in [1.29, 1.82) is 0 Å². The Morgan fingerprint density at radius 3 is 2.81 bits per heavy atom.